The molecular formula is C6H6N2S. The van der Waals surface area contributed by atoms with Gasteiger partial charge in [0.15, 0.2) is 0 Å². The summed E-state index contributed by atoms with van der Waals surface area (Å²) in [5, 5.41) is 0.816. The topological polar surface area (TPSA) is 25.2 Å². The minimum Gasteiger partial charge on any atom is -0.265 e. The van der Waals surface area contributed by atoms with Crippen LogP contribution in [0, 0.1) is 0 Å². The SMILES string of the molecule is SN=c1cccncc1. The molecule has 0 radical (unpaired) electrons. The van der Waals surface area contributed by atoms with Crippen LogP contribution in [-0.2, 0) is 0 Å². The van der Waals surface area contributed by atoms with Crippen molar-refractivity contribution in [2.45, 2.75) is 0 Å². The molecule has 0 saturated heterocycles. The van der Waals surface area contributed by atoms with Gasteiger partial charge in [-0.3, -0.25) is 4.98 Å². The summed E-state index contributed by atoms with van der Waals surface area (Å²) >= 11 is 3.74. The molecule has 0 atom stereocenters. The Morgan fingerprint density at radius 2 is 2.22 bits per heavy atom. The predicted molar refractivity (Wildman–Crippen MR) is 38.8 cm³/mol. The molecule has 0 fully saturated rings. The van der Waals surface area contributed by atoms with Crippen LogP contribution in [0.25, 0.3) is 0 Å². The van der Waals surface area contributed by atoms with Crippen LogP contribution in [0.4, 0.5) is 0 Å². The van der Waals surface area contributed by atoms with Crippen LogP contribution in [0.3, 0.4) is 0 Å². The van der Waals surface area contributed by atoms with Gasteiger partial charge in [-0.25, -0.2) is 4.40 Å². The highest BCUT2D eigenvalue weighted by atomic mass is 32.1. The van der Waals surface area contributed by atoms with Gasteiger partial charge in [0.2, 0.25) is 0 Å². The normalized spacial score (nSPS) is 11.4. The number of nitrogens with zero attached hydrogens (tertiary/aromatic N) is 2. The van der Waals surface area contributed by atoms with Gasteiger partial charge in [0.05, 0.1) is 5.36 Å². The van der Waals surface area contributed by atoms with Crippen molar-refractivity contribution >= 4 is 12.8 Å². The zero-order valence-electron chi connectivity index (χ0n) is 4.73. The maximum absolute atomic E-state index is 3.86. The first kappa shape index (κ1) is 6.29. The van der Waals surface area contributed by atoms with Crippen LogP contribution in [0.15, 0.2) is 35.0 Å². The van der Waals surface area contributed by atoms with Crippen molar-refractivity contribution in [3.05, 3.63) is 36.0 Å². The van der Waals surface area contributed by atoms with Crippen LogP contribution >= 0.6 is 12.8 Å². The summed E-state index contributed by atoms with van der Waals surface area (Å²) < 4.78 is 3.66. The third kappa shape index (κ3) is 1.85. The quantitative estimate of drug-likeness (QED) is 0.528. The summed E-state index contributed by atoms with van der Waals surface area (Å²) in [5.74, 6) is 0. The number of aromatic nitrogens is 1. The molecule has 0 aliphatic heterocycles. The van der Waals surface area contributed by atoms with E-state index in [0.29, 0.717) is 0 Å². The minimum atomic E-state index is 0.816. The summed E-state index contributed by atoms with van der Waals surface area (Å²) in [6.45, 7) is 0. The second-order valence-electron chi connectivity index (χ2n) is 1.50. The van der Waals surface area contributed by atoms with E-state index in [2.05, 4.69) is 22.2 Å². The van der Waals surface area contributed by atoms with Crippen molar-refractivity contribution in [2.75, 3.05) is 0 Å². The van der Waals surface area contributed by atoms with Gasteiger partial charge in [-0.1, -0.05) is 0 Å². The average molecular weight is 138 g/mol. The Morgan fingerprint density at radius 3 is 3.00 bits per heavy atom. The lowest BCUT2D eigenvalue weighted by atomic mass is 10.5. The molecule has 9 heavy (non-hydrogen) atoms. The molecule has 0 bridgehead atoms. The molecule has 0 unspecified atom stereocenters. The first-order valence-electron chi connectivity index (χ1n) is 2.52. The van der Waals surface area contributed by atoms with Gasteiger partial charge in [-0.2, -0.15) is 0 Å². The molecule has 1 aromatic heterocycles. The van der Waals surface area contributed by atoms with E-state index in [-0.39, 0.29) is 0 Å². The monoisotopic (exact) mass is 138 g/mol. The van der Waals surface area contributed by atoms with E-state index in [1.54, 1.807) is 18.5 Å². The minimum absolute atomic E-state index is 0.816. The smallest absolute Gasteiger partial charge is 0.0725 e. The fraction of sp³-hybridized carbons (Fsp3) is 0. The molecule has 0 spiro atoms. The van der Waals surface area contributed by atoms with Crippen LogP contribution in [0.5, 0.6) is 0 Å². The molecule has 2 nitrogen and oxygen atoms in total. The summed E-state index contributed by atoms with van der Waals surface area (Å²) in [6, 6.07) is 5.43. The molecule has 0 aliphatic carbocycles. The highest BCUT2D eigenvalue weighted by molar-refractivity contribution is 7.78. The van der Waals surface area contributed by atoms with Crippen molar-refractivity contribution in [3.63, 3.8) is 0 Å². The van der Waals surface area contributed by atoms with Crippen molar-refractivity contribution in [1.82, 2.24) is 4.98 Å². The molecule has 0 amide bonds. The number of rotatable bonds is 0. The molecule has 1 heterocycles. The molecule has 0 saturated carbocycles. The molecule has 1 rings (SSSR count). The third-order valence-electron chi connectivity index (χ3n) is 0.886. The largest absolute Gasteiger partial charge is 0.265 e. The second kappa shape index (κ2) is 3.25. The Hall–Kier alpha value is -0.830. The van der Waals surface area contributed by atoms with E-state index in [1.807, 2.05) is 12.1 Å². The summed E-state index contributed by atoms with van der Waals surface area (Å²) in [7, 11) is 0. The predicted octanol–water partition coefficient (Wildman–Crippen LogP) is 0.827. The van der Waals surface area contributed by atoms with Crippen LogP contribution in [0.2, 0.25) is 0 Å². The highest BCUT2D eigenvalue weighted by Gasteiger charge is 1.70. The fourth-order valence-corrected chi connectivity index (χ4v) is 0.616. The lowest BCUT2D eigenvalue weighted by Gasteiger charge is -1.67. The average Bonchev–Trinajstić information content (AvgIpc) is 2.13. The van der Waals surface area contributed by atoms with Gasteiger partial charge < -0.3 is 0 Å². The van der Waals surface area contributed by atoms with E-state index in [1.165, 1.54) is 0 Å². The fourth-order valence-electron chi connectivity index (χ4n) is 0.483. The lowest BCUT2D eigenvalue weighted by molar-refractivity contribution is 1.36. The maximum atomic E-state index is 3.86. The van der Waals surface area contributed by atoms with E-state index in [4.69, 9.17) is 0 Å². The highest BCUT2D eigenvalue weighted by Crippen LogP contribution is 1.72. The molecule has 0 aliphatic rings. The first-order valence-corrected chi connectivity index (χ1v) is 2.92. The van der Waals surface area contributed by atoms with Crippen molar-refractivity contribution in [1.29, 1.82) is 0 Å². The van der Waals surface area contributed by atoms with Crippen molar-refractivity contribution in [2.24, 2.45) is 4.40 Å². The Morgan fingerprint density at radius 1 is 1.33 bits per heavy atom. The zero-order chi connectivity index (χ0) is 6.53. The van der Waals surface area contributed by atoms with Gasteiger partial charge >= 0.3 is 0 Å². The molecule has 0 aromatic carbocycles. The maximum Gasteiger partial charge on any atom is 0.0725 e. The van der Waals surface area contributed by atoms with E-state index < -0.39 is 0 Å². The van der Waals surface area contributed by atoms with Gasteiger partial charge in [0, 0.05) is 12.4 Å². The number of hydrogen-bond donors (Lipinski definition) is 1. The second-order valence-corrected chi connectivity index (χ2v) is 1.70. The number of thiol groups is 1. The Kier molecular flexibility index (Phi) is 2.27. The van der Waals surface area contributed by atoms with Gasteiger partial charge in [0.25, 0.3) is 0 Å². The van der Waals surface area contributed by atoms with Gasteiger partial charge in [0.1, 0.15) is 0 Å². The van der Waals surface area contributed by atoms with Gasteiger partial charge in [-0.05, 0) is 31.0 Å². The van der Waals surface area contributed by atoms with E-state index in [9.17, 15) is 0 Å². The van der Waals surface area contributed by atoms with Crippen LogP contribution < -0.4 is 5.36 Å². The van der Waals surface area contributed by atoms with Crippen LogP contribution in [0.1, 0.15) is 0 Å². The summed E-state index contributed by atoms with van der Waals surface area (Å²) in [6.07, 6.45) is 3.37. The van der Waals surface area contributed by atoms with E-state index >= 15 is 0 Å². The summed E-state index contributed by atoms with van der Waals surface area (Å²) in [5.41, 5.74) is 0. The molecule has 3 heteroatoms. The van der Waals surface area contributed by atoms with Gasteiger partial charge in [-0.15, -0.1) is 0 Å². The standard InChI is InChI=1S/C6H6N2S/c9-8-6-2-1-4-7-5-3-6/h1-5,9H. The third-order valence-corrected chi connectivity index (χ3v) is 1.12. The van der Waals surface area contributed by atoms with E-state index in [0.717, 1.165) is 5.36 Å². The lowest BCUT2D eigenvalue weighted by Crippen LogP contribution is -1.90. The Bertz CT molecular complexity index is 224. The summed E-state index contributed by atoms with van der Waals surface area (Å²) in [4.78, 5) is 3.86. The molecule has 1 aromatic rings. The van der Waals surface area contributed by atoms with Crippen molar-refractivity contribution in [3.8, 4) is 0 Å². The molecular weight excluding hydrogens is 132 g/mol. The number of hydrogen-bond acceptors (Lipinski definition) is 3. The molecule has 46 valence electrons. The first-order chi connectivity index (χ1) is 4.43. The Balaban J connectivity index is 3.28. The zero-order valence-corrected chi connectivity index (χ0v) is 5.62. The molecule has 0 N–H and O–H groups in total. The van der Waals surface area contributed by atoms with Crippen molar-refractivity contribution < 1.29 is 0 Å². The van der Waals surface area contributed by atoms with Crippen LogP contribution in [-0.4, -0.2) is 4.98 Å². The Labute approximate surface area is 58.8 Å².